The van der Waals surface area contributed by atoms with Gasteiger partial charge >= 0.3 is 0 Å². The van der Waals surface area contributed by atoms with E-state index in [1.54, 1.807) is 12.5 Å². The van der Waals surface area contributed by atoms with Crippen LogP contribution in [0.25, 0.3) is 27.2 Å². The maximum absolute atomic E-state index is 11.4. The predicted octanol–water partition coefficient (Wildman–Crippen LogP) is 2.88. The number of hydrogen-bond acceptors (Lipinski definition) is 4. The molecule has 1 amide bonds. The molecule has 0 aliphatic heterocycles. The van der Waals surface area contributed by atoms with E-state index < -0.39 is 5.91 Å². The molecule has 0 fully saturated rings. The molecule has 114 valence electrons. The summed E-state index contributed by atoms with van der Waals surface area (Å²) in [5.74, 6) is -0.398. The number of fused-ring (bicyclic) bond motifs is 1. The number of thiophene rings is 1. The van der Waals surface area contributed by atoms with Crippen LogP contribution in [-0.2, 0) is 0 Å². The molecule has 0 atom stereocenters. The first kappa shape index (κ1) is 13.7. The topological polar surface area (TPSA) is 89.6 Å². The maximum atomic E-state index is 11.4. The van der Waals surface area contributed by atoms with Crippen molar-refractivity contribution < 1.29 is 4.79 Å². The van der Waals surface area contributed by atoms with Gasteiger partial charge in [0, 0.05) is 11.8 Å². The standard InChI is InChI=1S/C16H13N5OS/c1-9-4-14(23-15(9)16(17)22)21-8-18-12-5-10(2-3-13(12)21)11-6-19-20-7-11/h2-8H,1H3,(H2,17,22)(H,19,20). The maximum Gasteiger partial charge on any atom is 0.259 e. The van der Waals surface area contributed by atoms with Gasteiger partial charge < -0.3 is 5.73 Å². The summed E-state index contributed by atoms with van der Waals surface area (Å²) in [6, 6.07) is 8.02. The van der Waals surface area contributed by atoms with E-state index in [1.807, 2.05) is 42.0 Å². The predicted molar refractivity (Wildman–Crippen MR) is 89.8 cm³/mol. The monoisotopic (exact) mass is 323 g/mol. The lowest BCUT2D eigenvalue weighted by Gasteiger charge is -2.01. The molecule has 23 heavy (non-hydrogen) atoms. The third-order valence-electron chi connectivity index (χ3n) is 3.74. The first-order valence-electron chi connectivity index (χ1n) is 7.00. The molecule has 6 nitrogen and oxygen atoms in total. The smallest absolute Gasteiger partial charge is 0.259 e. The van der Waals surface area contributed by atoms with Gasteiger partial charge in [0.05, 0.1) is 22.1 Å². The van der Waals surface area contributed by atoms with Crippen molar-refractivity contribution in [3.05, 3.63) is 53.4 Å². The Bertz CT molecular complexity index is 1010. The number of nitrogens with zero attached hydrogens (tertiary/aromatic N) is 3. The van der Waals surface area contributed by atoms with E-state index in [0.717, 1.165) is 32.7 Å². The van der Waals surface area contributed by atoms with Crippen molar-refractivity contribution in [1.82, 2.24) is 19.7 Å². The fraction of sp³-hybridized carbons (Fsp3) is 0.0625. The molecule has 4 rings (SSSR count). The fourth-order valence-corrected chi connectivity index (χ4v) is 3.61. The molecule has 0 saturated heterocycles. The van der Waals surface area contributed by atoms with Gasteiger partial charge in [-0.25, -0.2) is 4.98 Å². The summed E-state index contributed by atoms with van der Waals surface area (Å²) in [5.41, 5.74) is 10.2. The Labute approximate surface area is 135 Å². The number of hydrogen-bond donors (Lipinski definition) is 2. The molecule has 0 aliphatic rings. The van der Waals surface area contributed by atoms with E-state index in [9.17, 15) is 4.79 Å². The molecule has 3 N–H and O–H groups in total. The average molecular weight is 323 g/mol. The van der Waals surface area contributed by atoms with Gasteiger partial charge in [0.2, 0.25) is 0 Å². The number of nitrogens with two attached hydrogens (primary N) is 1. The van der Waals surface area contributed by atoms with Gasteiger partial charge in [-0.05, 0) is 36.2 Å². The Morgan fingerprint density at radius 2 is 2.17 bits per heavy atom. The second kappa shape index (κ2) is 5.06. The first-order valence-corrected chi connectivity index (χ1v) is 7.82. The molecule has 0 unspecified atom stereocenters. The molecule has 0 spiro atoms. The van der Waals surface area contributed by atoms with Crippen LogP contribution < -0.4 is 5.73 Å². The highest BCUT2D eigenvalue weighted by Gasteiger charge is 2.14. The van der Waals surface area contributed by atoms with Gasteiger partial charge in [0.25, 0.3) is 5.91 Å². The molecule has 3 aromatic heterocycles. The lowest BCUT2D eigenvalue weighted by molar-refractivity contribution is 0.100. The number of primary amides is 1. The normalized spacial score (nSPS) is 11.2. The lowest BCUT2D eigenvalue weighted by Crippen LogP contribution is -2.09. The second-order valence-electron chi connectivity index (χ2n) is 5.27. The summed E-state index contributed by atoms with van der Waals surface area (Å²) in [7, 11) is 0. The van der Waals surface area contributed by atoms with Gasteiger partial charge in [-0.1, -0.05) is 6.07 Å². The zero-order chi connectivity index (χ0) is 16.0. The fourth-order valence-electron chi connectivity index (χ4n) is 2.61. The summed E-state index contributed by atoms with van der Waals surface area (Å²) in [6.07, 6.45) is 5.39. The van der Waals surface area contributed by atoms with E-state index in [2.05, 4.69) is 15.2 Å². The van der Waals surface area contributed by atoms with Crippen molar-refractivity contribution in [1.29, 1.82) is 0 Å². The summed E-state index contributed by atoms with van der Waals surface area (Å²) in [4.78, 5) is 16.5. The lowest BCUT2D eigenvalue weighted by atomic mass is 10.1. The number of aromatic amines is 1. The van der Waals surface area contributed by atoms with E-state index in [-0.39, 0.29) is 0 Å². The van der Waals surface area contributed by atoms with Crippen molar-refractivity contribution in [2.24, 2.45) is 5.73 Å². The van der Waals surface area contributed by atoms with Crippen LogP contribution in [0.2, 0.25) is 0 Å². The number of rotatable bonds is 3. The highest BCUT2D eigenvalue weighted by molar-refractivity contribution is 7.16. The van der Waals surface area contributed by atoms with Crippen LogP contribution in [-0.4, -0.2) is 25.7 Å². The number of nitrogens with one attached hydrogen (secondary N) is 1. The first-order chi connectivity index (χ1) is 11.1. The van der Waals surface area contributed by atoms with Gasteiger partial charge in [0.15, 0.2) is 0 Å². The summed E-state index contributed by atoms with van der Waals surface area (Å²) < 4.78 is 1.97. The molecule has 4 aromatic rings. The number of carbonyl (C=O) groups excluding carboxylic acids is 1. The molecular weight excluding hydrogens is 310 g/mol. The van der Waals surface area contributed by atoms with Crippen LogP contribution in [0, 0.1) is 6.92 Å². The number of imidazole rings is 1. The number of aromatic nitrogens is 4. The summed E-state index contributed by atoms with van der Waals surface area (Å²) in [6.45, 7) is 1.89. The van der Waals surface area contributed by atoms with Gasteiger partial charge in [-0.15, -0.1) is 11.3 Å². The molecule has 0 radical (unpaired) electrons. The van der Waals surface area contributed by atoms with Crippen molar-refractivity contribution in [3.63, 3.8) is 0 Å². The van der Waals surface area contributed by atoms with Crippen LogP contribution in [0.1, 0.15) is 15.2 Å². The third kappa shape index (κ3) is 2.22. The van der Waals surface area contributed by atoms with Crippen LogP contribution in [0.5, 0.6) is 0 Å². The molecule has 7 heteroatoms. The SMILES string of the molecule is Cc1cc(-n2cnc3cc(-c4cn[nH]c4)ccc32)sc1C(N)=O. The Balaban J connectivity index is 1.83. The Kier molecular flexibility index (Phi) is 3.02. The van der Waals surface area contributed by atoms with Crippen LogP contribution in [0.3, 0.4) is 0 Å². The van der Waals surface area contributed by atoms with Gasteiger partial charge in [-0.2, -0.15) is 5.10 Å². The van der Waals surface area contributed by atoms with E-state index in [4.69, 9.17) is 5.73 Å². The van der Waals surface area contributed by atoms with Crippen LogP contribution in [0.15, 0.2) is 43.0 Å². The second-order valence-corrected chi connectivity index (χ2v) is 6.30. The number of H-pyrrole nitrogens is 1. The zero-order valence-electron chi connectivity index (χ0n) is 12.3. The number of benzene rings is 1. The van der Waals surface area contributed by atoms with Gasteiger partial charge in [0.1, 0.15) is 11.3 Å². The van der Waals surface area contributed by atoms with Crippen molar-refractivity contribution in [2.75, 3.05) is 0 Å². The Hall–Kier alpha value is -2.93. The molecule has 0 bridgehead atoms. The molecule has 3 heterocycles. The van der Waals surface area contributed by atoms with E-state index in [1.165, 1.54) is 11.3 Å². The van der Waals surface area contributed by atoms with Crippen molar-refractivity contribution >= 4 is 28.3 Å². The minimum absolute atomic E-state index is 0.398. The van der Waals surface area contributed by atoms with Gasteiger partial charge in [-0.3, -0.25) is 14.5 Å². The molecule has 1 aromatic carbocycles. The molecule has 0 saturated carbocycles. The Morgan fingerprint density at radius 3 is 2.87 bits per heavy atom. The summed E-state index contributed by atoms with van der Waals surface area (Å²) in [5, 5.41) is 7.70. The van der Waals surface area contributed by atoms with E-state index >= 15 is 0 Å². The van der Waals surface area contributed by atoms with E-state index in [0.29, 0.717) is 4.88 Å². The number of aryl methyl sites for hydroxylation is 1. The largest absolute Gasteiger partial charge is 0.365 e. The summed E-state index contributed by atoms with van der Waals surface area (Å²) >= 11 is 1.38. The molecule has 0 aliphatic carbocycles. The highest BCUT2D eigenvalue weighted by atomic mass is 32.1. The highest BCUT2D eigenvalue weighted by Crippen LogP contribution is 2.29. The van der Waals surface area contributed by atoms with Crippen LogP contribution in [0.4, 0.5) is 0 Å². The van der Waals surface area contributed by atoms with Crippen LogP contribution >= 0.6 is 11.3 Å². The minimum Gasteiger partial charge on any atom is -0.365 e. The Morgan fingerprint density at radius 1 is 1.30 bits per heavy atom. The average Bonchev–Trinajstić information content (AvgIpc) is 3.25. The minimum atomic E-state index is -0.398. The number of carbonyl (C=O) groups is 1. The zero-order valence-corrected chi connectivity index (χ0v) is 13.1. The van der Waals surface area contributed by atoms with Crippen molar-refractivity contribution in [2.45, 2.75) is 6.92 Å². The number of amides is 1. The third-order valence-corrected chi connectivity index (χ3v) is 5.00. The quantitative estimate of drug-likeness (QED) is 0.607. The van der Waals surface area contributed by atoms with Crippen molar-refractivity contribution in [3.8, 4) is 16.1 Å². The molecular formula is C16H13N5OS.